The van der Waals surface area contributed by atoms with Gasteiger partial charge in [-0.3, -0.25) is 4.98 Å². The van der Waals surface area contributed by atoms with Gasteiger partial charge in [0.2, 0.25) is 0 Å². The smallest absolute Gasteiger partial charge is 0.152 e. The molecule has 76 valence electrons. The Morgan fingerprint density at radius 3 is 2.67 bits per heavy atom. The minimum atomic E-state index is 0.450. The second-order valence-electron chi connectivity index (χ2n) is 2.90. The highest BCUT2D eigenvalue weighted by atomic mass is 79.9. The predicted octanol–water partition coefficient (Wildman–Crippen LogP) is 2.82. The molecule has 0 bridgehead atoms. The van der Waals surface area contributed by atoms with E-state index in [4.69, 9.17) is 4.74 Å². The summed E-state index contributed by atoms with van der Waals surface area (Å²) in [6.07, 6.45) is 3.45. The molecule has 2 heterocycles. The molecule has 0 spiro atoms. The lowest BCUT2D eigenvalue weighted by atomic mass is 10.4. The van der Waals surface area contributed by atoms with E-state index in [-0.39, 0.29) is 0 Å². The van der Waals surface area contributed by atoms with Gasteiger partial charge in [0.25, 0.3) is 0 Å². The van der Waals surface area contributed by atoms with Gasteiger partial charge >= 0.3 is 0 Å². The zero-order valence-corrected chi connectivity index (χ0v) is 9.52. The highest BCUT2D eigenvalue weighted by Crippen LogP contribution is 2.21. The van der Waals surface area contributed by atoms with Crippen LogP contribution in [0.4, 0.5) is 0 Å². The molecule has 15 heavy (non-hydrogen) atoms. The van der Waals surface area contributed by atoms with Gasteiger partial charge in [0.1, 0.15) is 11.2 Å². The maximum Gasteiger partial charge on any atom is 0.152 e. The average Bonchev–Trinajstić information content (AvgIpc) is 2.29. The SMILES string of the molecule is Brc1ncccc1OCc1ccccn1. The molecule has 0 aliphatic rings. The van der Waals surface area contributed by atoms with Crippen molar-refractivity contribution in [3.05, 3.63) is 53.0 Å². The van der Waals surface area contributed by atoms with Crippen molar-refractivity contribution in [2.45, 2.75) is 6.61 Å². The molecule has 0 saturated heterocycles. The van der Waals surface area contributed by atoms with E-state index in [0.717, 1.165) is 11.4 Å². The van der Waals surface area contributed by atoms with Gasteiger partial charge in [-0.05, 0) is 40.2 Å². The molecule has 2 aromatic heterocycles. The first-order valence-corrected chi connectivity index (χ1v) is 5.29. The van der Waals surface area contributed by atoms with Gasteiger partial charge in [0.05, 0.1) is 5.69 Å². The number of halogens is 1. The summed E-state index contributed by atoms with van der Waals surface area (Å²) >= 11 is 3.31. The van der Waals surface area contributed by atoms with Crippen LogP contribution in [0.1, 0.15) is 5.69 Å². The third-order valence-corrected chi connectivity index (χ3v) is 2.42. The fourth-order valence-electron chi connectivity index (χ4n) is 1.11. The zero-order chi connectivity index (χ0) is 10.5. The Morgan fingerprint density at radius 1 is 1.07 bits per heavy atom. The number of hydrogen-bond donors (Lipinski definition) is 0. The van der Waals surface area contributed by atoms with Gasteiger partial charge in [-0.15, -0.1) is 0 Å². The molecule has 4 heteroatoms. The largest absolute Gasteiger partial charge is 0.484 e. The van der Waals surface area contributed by atoms with Gasteiger partial charge < -0.3 is 4.74 Å². The minimum absolute atomic E-state index is 0.450. The number of aromatic nitrogens is 2. The van der Waals surface area contributed by atoms with Crippen LogP contribution in [0.25, 0.3) is 0 Å². The molecule has 0 atom stereocenters. The average molecular weight is 265 g/mol. The van der Waals surface area contributed by atoms with Crippen molar-refractivity contribution in [1.82, 2.24) is 9.97 Å². The molecule has 0 aliphatic heterocycles. The van der Waals surface area contributed by atoms with Crippen molar-refractivity contribution < 1.29 is 4.74 Å². The molecule has 2 rings (SSSR count). The van der Waals surface area contributed by atoms with Crippen LogP contribution in [0.2, 0.25) is 0 Å². The van der Waals surface area contributed by atoms with Crippen LogP contribution in [-0.2, 0) is 6.61 Å². The Hall–Kier alpha value is -1.42. The van der Waals surface area contributed by atoms with Crippen molar-refractivity contribution in [3.63, 3.8) is 0 Å². The lowest BCUT2D eigenvalue weighted by Crippen LogP contribution is -1.98. The molecule has 0 saturated carbocycles. The van der Waals surface area contributed by atoms with Crippen molar-refractivity contribution in [2.75, 3.05) is 0 Å². The molecule has 0 aromatic carbocycles. The molecule has 0 amide bonds. The monoisotopic (exact) mass is 264 g/mol. The maximum absolute atomic E-state index is 5.55. The van der Waals surface area contributed by atoms with Crippen LogP contribution in [0.5, 0.6) is 5.75 Å². The molecular weight excluding hydrogens is 256 g/mol. The van der Waals surface area contributed by atoms with Crippen molar-refractivity contribution in [1.29, 1.82) is 0 Å². The van der Waals surface area contributed by atoms with E-state index in [9.17, 15) is 0 Å². The molecule has 3 nitrogen and oxygen atoms in total. The summed E-state index contributed by atoms with van der Waals surface area (Å²) in [4.78, 5) is 8.23. The number of rotatable bonds is 3. The molecule has 0 radical (unpaired) electrons. The summed E-state index contributed by atoms with van der Waals surface area (Å²) in [5, 5.41) is 0. The summed E-state index contributed by atoms with van der Waals surface area (Å²) in [6, 6.07) is 9.43. The Bertz CT molecular complexity index is 434. The number of hydrogen-bond acceptors (Lipinski definition) is 3. The first-order chi connectivity index (χ1) is 7.36. The number of ether oxygens (including phenoxy) is 1. The van der Waals surface area contributed by atoms with Crippen LogP contribution in [0.3, 0.4) is 0 Å². The summed E-state index contributed by atoms with van der Waals surface area (Å²) < 4.78 is 6.26. The van der Waals surface area contributed by atoms with Crippen LogP contribution in [0, 0.1) is 0 Å². The molecule has 0 fully saturated rings. The third-order valence-electron chi connectivity index (χ3n) is 1.83. The second kappa shape index (κ2) is 4.89. The van der Waals surface area contributed by atoms with E-state index in [1.54, 1.807) is 12.4 Å². The van der Waals surface area contributed by atoms with Crippen LogP contribution in [0.15, 0.2) is 47.3 Å². The summed E-state index contributed by atoms with van der Waals surface area (Å²) in [7, 11) is 0. The summed E-state index contributed by atoms with van der Waals surface area (Å²) in [5.74, 6) is 0.725. The fraction of sp³-hybridized carbons (Fsp3) is 0.0909. The molecule has 0 aliphatic carbocycles. The van der Waals surface area contributed by atoms with Gasteiger partial charge in [-0.1, -0.05) is 6.07 Å². The second-order valence-corrected chi connectivity index (χ2v) is 3.65. The molecular formula is C11H9BrN2O. The topological polar surface area (TPSA) is 35.0 Å². The number of nitrogens with zero attached hydrogens (tertiary/aromatic N) is 2. The first-order valence-electron chi connectivity index (χ1n) is 4.49. The van der Waals surface area contributed by atoms with E-state index in [1.807, 2.05) is 30.3 Å². The third kappa shape index (κ3) is 2.76. The lowest BCUT2D eigenvalue weighted by Gasteiger charge is -2.06. The summed E-state index contributed by atoms with van der Waals surface area (Å²) in [5.41, 5.74) is 0.897. The van der Waals surface area contributed by atoms with Crippen LogP contribution < -0.4 is 4.74 Å². The van der Waals surface area contributed by atoms with Gasteiger partial charge in [-0.2, -0.15) is 0 Å². The quantitative estimate of drug-likeness (QED) is 0.800. The first kappa shape index (κ1) is 10.1. The zero-order valence-electron chi connectivity index (χ0n) is 7.93. The van der Waals surface area contributed by atoms with E-state index < -0.39 is 0 Å². The van der Waals surface area contributed by atoms with Gasteiger partial charge in [0, 0.05) is 12.4 Å². The fourth-order valence-corrected chi connectivity index (χ4v) is 1.48. The molecule has 2 aromatic rings. The summed E-state index contributed by atoms with van der Waals surface area (Å²) in [6.45, 7) is 0.450. The Kier molecular flexibility index (Phi) is 3.29. The van der Waals surface area contributed by atoms with E-state index >= 15 is 0 Å². The number of pyridine rings is 2. The van der Waals surface area contributed by atoms with Gasteiger partial charge in [0.15, 0.2) is 5.75 Å². The molecule has 0 unspecified atom stereocenters. The Morgan fingerprint density at radius 2 is 1.93 bits per heavy atom. The predicted molar refractivity (Wildman–Crippen MR) is 60.5 cm³/mol. The Balaban J connectivity index is 2.03. The van der Waals surface area contributed by atoms with Crippen LogP contribution >= 0.6 is 15.9 Å². The van der Waals surface area contributed by atoms with Crippen molar-refractivity contribution in [3.8, 4) is 5.75 Å². The van der Waals surface area contributed by atoms with Crippen molar-refractivity contribution >= 4 is 15.9 Å². The molecule has 0 N–H and O–H groups in total. The van der Waals surface area contributed by atoms with Crippen LogP contribution in [-0.4, -0.2) is 9.97 Å². The lowest BCUT2D eigenvalue weighted by molar-refractivity contribution is 0.298. The highest BCUT2D eigenvalue weighted by molar-refractivity contribution is 9.10. The normalized spacial score (nSPS) is 9.93. The van der Waals surface area contributed by atoms with E-state index in [0.29, 0.717) is 11.2 Å². The van der Waals surface area contributed by atoms with Gasteiger partial charge in [-0.25, -0.2) is 4.98 Å². The highest BCUT2D eigenvalue weighted by Gasteiger charge is 2.01. The standard InChI is InChI=1S/C11H9BrN2O/c12-11-10(5-3-7-14-11)15-8-9-4-1-2-6-13-9/h1-7H,8H2. The Labute approximate surface area is 96.3 Å². The maximum atomic E-state index is 5.55. The van der Waals surface area contributed by atoms with E-state index in [1.165, 1.54) is 0 Å². The minimum Gasteiger partial charge on any atom is -0.484 e. The van der Waals surface area contributed by atoms with Crippen molar-refractivity contribution in [2.24, 2.45) is 0 Å². The van der Waals surface area contributed by atoms with E-state index in [2.05, 4.69) is 25.9 Å².